The van der Waals surface area contributed by atoms with Crippen LogP contribution >= 0.6 is 11.9 Å². The molecule has 7 heteroatoms. The molecular formula is C27H33N3O3S. The maximum atomic E-state index is 13.0. The van der Waals surface area contributed by atoms with Crippen molar-refractivity contribution in [3.8, 4) is 11.1 Å². The van der Waals surface area contributed by atoms with Gasteiger partial charge in [0.05, 0.1) is 6.33 Å². The number of carboxylic acid groups (broad SMARTS) is 1. The molecule has 0 bridgehead atoms. The molecule has 1 heterocycles. The summed E-state index contributed by atoms with van der Waals surface area (Å²) in [5.41, 5.74) is 6.12. The number of aromatic amines is 1. The van der Waals surface area contributed by atoms with Gasteiger partial charge >= 0.3 is 5.97 Å². The number of hydrogen-bond donors (Lipinski definition) is 3. The van der Waals surface area contributed by atoms with Crippen LogP contribution in [0.2, 0.25) is 0 Å². The fraction of sp³-hybridized carbons (Fsp3) is 0.370. The van der Waals surface area contributed by atoms with Crippen molar-refractivity contribution < 1.29 is 14.7 Å². The third-order valence-corrected chi connectivity index (χ3v) is 6.63. The number of imidazole rings is 1. The van der Waals surface area contributed by atoms with Gasteiger partial charge in [0.2, 0.25) is 0 Å². The number of rotatable bonds is 14. The lowest BCUT2D eigenvalue weighted by Gasteiger charge is -2.14. The molecule has 0 radical (unpaired) electrons. The van der Waals surface area contributed by atoms with Crippen LogP contribution < -0.4 is 4.72 Å². The number of hydrogen-bond acceptors (Lipinski definition) is 4. The van der Waals surface area contributed by atoms with E-state index in [1.54, 1.807) is 6.33 Å². The van der Waals surface area contributed by atoms with Gasteiger partial charge in [-0.15, -0.1) is 0 Å². The van der Waals surface area contributed by atoms with Crippen LogP contribution in [0.5, 0.6) is 0 Å². The van der Waals surface area contributed by atoms with Crippen LogP contribution in [0.3, 0.4) is 0 Å². The molecule has 0 unspecified atom stereocenters. The van der Waals surface area contributed by atoms with E-state index in [2.05, 4.69) is 39.8 Å². The first-order valence-corrected chi connectivity index (χ1v) is 12.8. The number of carboxylic acids is 1. The van der Waals surface area contributed by atoms with Crippen LogP contribution in [0.4, 0.5) is 0 Å². The number of unbranched alkanes of at least 4 members (excludes halogenated alkanes) is 4. The van der Waals surface area contributed by atoms with Crippen LogP contribution in [0.25, 0.3) is 11.1 Å². The summed E-state index contributed by atoms with van der Waals surface area (Å²) < 4.78 is 3.01. The van der Waals surface area contributed by atoms with Gasteiger partial charge in [-0.25, -0.2) is 4.98 Å². The third kappa shape index (κ3) is 8.06. The van der Waals surface area contributed by atoms with E-state index in [-0.39, 0.29) is 12.3 Å². The second kappa shape index (κ2) is 13.6. The number of nitrogens with zero attached hydrogens (tertiary/aromatic N) is 1. The van der Waals surface area contributed by atoms with E-state index < -0.39 is 5.97 Å². The topological polar surface area (TPSA) is 95.1 Å². The Morgan fingerprint density at radius 3 is 2.56 bits per heavy atom. The number of aromatic nitrogens is 2. The summed E-state index contributed by atoms with van der Waals surface area (Å²) in [5.74, 6) is 0.0334. The lowest BCUT2D eigenvalue weighted by Crippen LogP contribution is -2.18. The van der Waals surface area contributed by atoms with Crippen molar-refractivity contribution in [1.82, 2.24) is 14.7 Å². The van der Waals surface area contributed by atoms with E-state index in [1.165, 1.54) is 17.5 Å². The Balaban J connectivity index is 1.58. The van der Waals surface area contributed by atoms with Crippen molar-refractivity contribution in [3.05, 3.63) is 77.4 Å². The van der Waals surface area contributed by atoms with Crippen molar-refractivity contribution in [1.29, 1.82) is 0 Å². The lowest BCUT2D eigenvalue weighted by atomic mass is 9.92. The normalized spacial score (nSPS) is 10.9. The highest BCUT2D eigenvalue weighted by Gasteiger charge is 2.15. The zero-order valence-electron chi connectivity index (χ0n) is 19.7. The molecule has 0 fully saturated rings. The fourth-order valence-electron chi connectivity index (χ4n) is 3.90. The molecule has 1 amide bonds. The molecule has 0 saturated heterocycles. The molecule has 34 heavy (non-hydrogen) atoms. The van der Waals surface area contributed by atoms with Gasteiger partial charge in [0.1, 0.15) is 0 Å². The monoisotopic (exact) mass is 479 g/mol. The van der Waals surface area contributed by atoms with Crippen LogP contribution in [0, 0.1) is 6.92 Å². The largest absolute Gasteiger partial charge is 0.481 e. The first-order chi connectivity index (χ1) is 16.5. The fourth-order valence-corrected chi connectivity index (χ4v) is 4.59. The van der Waals surface area contributed by atoms with E-state index in [1.807, 2.05) is 30.5 Å². The minimum Gasteiger partial charge on any atom is -0.481 e. The summed E-state index contributed by atoms with van der Waals surface area (Å²) in [5, 5.41) is 8.67. The molecule has 3 aromatic rings. The number of H-pyrrole nitrogens is 1. The van der Waals surface area contributed by atoms with Crippen LogP contribution in [-0.4, -0.2) is 32.7 Å². The van der Waals surface area contributed by atoms with Gasteiger partial charge in [-0.1, -0.05) is 67.6 Å². The van der Waals surface area contributed by atoms with Gasteiger partial charge < -0.3 is 10.1 Å². The average Bonchev–Trinajstić information content (AvgIpc) is 3.35. The first-order valence-electron chi connectivity index (χ1n) is 11.8. The molecule has 3 rings (SSSR count). The van der Waals surface area contributed by atoms with Gasteiger partial charge in [0.15, 0.2) is 0 Å². The molecule has 1 aromatic heterocycles. The van der Waals surface area contributed by atoms with E-state index >= 15 is 0 Å². The lowest BCUT2D eigenvalue weighted by molar-refractivity contribution is -0.137. The van der Waals surface area contributed by atoms with Crippen LogP contribution in [0.15, 0.2) is 55.0 Å². The van der Waals surface area contributed by atoms with Crippen LogP contribution in [-0.2, 0) is 17.6 Å². The van der Waals surface area contributed by atoms with E-state index in [9.17, 15) is 9.59 Å². The summed E-state index contributed by atoms with van der Waals surface area (Å²) in [4.78, 5) is 30.8. The average molecular weight is 480 g/mol. The molecule has 3 N–H and O–H groups in total. The maximum absolute atomic E-state index is 13.0. The molecule has 2 aromatic carbocycles. The number of amides is 1. The molecule has 6 nitrogen and oxygen atoms in total. The Kier molecular flexibility index (Phi) is 10.2. The number of carbonyl (C=O) groups is 2. The number of aryl methyl sites for hydroxylation is 3. The van der Waals surface area contributed by atoms with E-state index in [0.717, 1.165) is 73.1 Å². The molecule has 0 aliphatic heterocycles. The SMILES string of the molecule is Cc1ccccc1-c1cc(CCc2cnc[nH]2)ccc1C(=O)NSCCCCCCCC(=O)O. The molecule has 0 spiro atoms. The van der Waals surface area contributed by atoms with Crippen molar-refractivity contribution in [2.24, 2.45) is 0 Å². The van der Waals surface area contributed by atoms with Gasteiger partial charge in [-0.2, -0.15) is 0 Å². The number of aliphatic carboxylic acids is 1. The maximum Gasteiger partial charge on any atom is 0.303 e. The highest BCUT2D eigenvalue weighted by molar-refractivity contribution is 7.97. The third-order valence-electron chi connectivity index (χ3n) is 5.80. The number of nitrogens with one attached hydrogen (secondary N) is 2. The second-order valence-corrected chi connectivity index (χ2v) is 9.36. The molecule has 180 valence electrons. The quantitative estimate of drug-likeness (QED) is 0.195. The minimum absolute atomic E-state index is 0.0789. The standard InChI is InChI=1S/C27H33N3O3S/c1-20-9-6-7-10-23(20)25-17-21(12-14-22-18-28-19-29-22)13-15-24(25)27(33)30-34-16-8-4-2-3-5-11-26(31)32/h6-7,9-10,13,15,17-19H,2-5,8,11-12,14,16H2,1H3,(H,28,29)(H,30,33)(H,31,32). The van der Waals surface area contributed by atoms with Gasteiger partial charge in [0.25, 0.3) is 5.91 Å². The highest BCUT2D eigenvalue weighted by Crippen LogP contribution is 2.29. The number of carbonyl (C=O) groups excluding carboxylic acids is 1. The predicted molar refractivity (Wildman–Crippen MR) is 138 cm³/mol. The first kappa shape index (κ1) is 25.6. The zero-order chi connectivity index (χ0) is 24.2. The van der Waals surface area contributed by atoms with Crippen molar-refractivity contribution in [3.63, 3.8) is 0 Å². The molecule has 0 saturated carbocycles. The van der Waals surface area contributed by atoms with E-state index in [0.29, 0.717) is 5.56 Å². The Labute approximate surface area is 205 Å². The molecule has 0 atom stereocenters. The Bertz CT molecular complexity index is 1070. The number of benzene rings is 2. The summed E-state index contributed by atoms with van der Waals surface area (Å²) in [6.45, 7) is 2.07. The smallest absolute Gasteiger partial charge is 0.303 e. The zero-order valence-corrected chi connectivity index (χ0v) is 20.5. The predicted octanol–water partition coefficient (Wildman–Crippen LogP) is 5.97. The molecular weight excluding hydrogens is 446 g/mol. The van der Waals surface area contributed by atoms with Gasteiger partial charge in [-0.3, -0.25) is 14.3 Å². The summed E-state index contributed by atoms with van der Waals surface area (Å²) in [6.07, 6.45) is 10.3. The summed E-state index contributed by atoms with van der Waals surface area (Å²) in [7, 11) is 0. The molecule has 0 aliphatic rings. The summed E-state index contributed by atoms with van der Waals surface area (Å²) >= 11 is 1.44. The Morgan fingerprint density at radius 2 is 1.79 bits per heavy atom. The van der Waals surface area contributed by atoms with Gasteiger partial charge in [0, 0.05) is 29.6 Å². The molecule has 0 aliphatic carbocycles. The van der Waals surface area contributed by atoms with Gasteiger partial charge in [-0.05, 0) is 60.9 Å². The van der Waals surface area contributed by atoms with Crippen molar-refractivity contribution in [2.75, 3.05) is 5.75 Å². The highest BCUT2D eigenvalue weighted by atomic mass is 32.2. The van der Waals surface area contributed by atoms with Crippen molar-refractivity contribution in [2.45, 2.75) is 58.3 Å². The van der Waals surface area contributed by atoms with Crippen molar-refractivity contribution >= 4 is 23.8 Å². The second-order valence-electron chi connectivity index (χ2n) is 8.46. The van der Waals surface area contributed by atoms with Crippen LogP contribution in [0.1, 0.15) is 65.7 Å². The van der Waals surface area contributed by atoms with E-state index in [4.69, 9.17) is 5.11 Å². The summed E-state index contributed by atoms with van der Waals surface area (Å²) in [6, 6.07) is 14.3. The minimum atomic E-state index is -0.728. The Hall–Kier alpha value is -3.06. The Morgan fingerprint density at radius 1 is 1.00 bits per heavy atom.